The van der Waals surface area contributed by atoms with E-state index in [-0.39, 0.29) is 16.5 Å². The van der Waals surface area contributed by atoms with Crippen molar-refractivity contribution in [3.8, 4) is 0 Å². The van der Waals surface area contributed by atoms with Crippen molar-refractivity contribution in [3.63, 3.8) is 0 Å². The van der Waals surface area contributed by atoms with Gasteiger partial charge in [0.2, 0.25) is 0 Å². The number of halogens is 3. The molecule has 1 rings (SSSR count). The number of hydrogen-bond acceptors (Lipinski definition) is 1. The summed E-state index contributed by atoms with van der Waals surface area (Å²) in [5, 5.41) is 8.57. The zero-order valence-corrected chi connectivity index (χ0v) is 10.4. The predicted octanol–water partition coefficient (Wildman–Crippen LogP) is 3.88. The molecule has 1 aromatic carbocycles. The lowest BCUT2D eigenvalue weighted by Crippen LogP contribution is -2.21. The zero-order valence-electron chi connectivity index (χ0n) is 8.85. The standard InChI is InChI=1S/C11H11Cl2FO2/c1-11(2,5-9(15)16)6-3-7(12)10(14)8(13)4-6/h3-4H,5H2,1-2H3,(H,15,16). The molecule has 0 radical (unpaired) electrons. The molecule has 0 aliphatic heterocycles. The van der Waals surface area contributed by atoms with Crippen LogP contribution in [0.25, 0.3) is 0 Å². The van der Waals surface area contributed by atoms with Crippen LogP contribution < -0.4 is 0 Å². The molecule has 0 bridgehead atoms. The number of benzene rings is 1. The summed E-state index contributed by atoms with van der Waals surface area (Å²) >= 11 is 11.3. The van der Waals surface area contributed by atoms with Crippen molar-refractivity contribution in [3.05, 3.63) is 33.6 Å². The first-order chi connectivity index (χ1) is 7.24. The fourth-order valence-electron chi connectivity index (χ4n) is 1.43. The Balaban J connectivity index is 3.18. The second-order valence-electron chi connectivity index (χ2n) is 4.21. The minimum absolute atomic E-state index is 0.0781. The van der Waals surface area contributed by atoms with Gasteiger partial charge in [-0.25, -0.2) is 4.39 Å². The Kier molecular flexibility index (Phi) is 3.81. The van der Waals surface area contributed by atoms with Gasteiger partial charge in [0, 0.05) is 5.41 Å². The summed E-state index contributed by atoms with van der Waals surface area (Å²) in [6, 6.07) is 2.82. The van der Waals surface area contributed by atoms with Crippen molar-refractivity contribution < 1.29 is 14.3 Å². The highest BCUT2D eigenvalue weighted by molar-refractivity contribution is 6.35. The predicted molar refractivity (Wildman–Crippen MR) is 61.7 cm³/mol. The molecule has 1 aromatic rings. The Bertz CT molecular complexity index is 407. The number of rotatable bonds is 3. The highest BCUT2D eigenvalue weighted by Gasteiger charge is 2.25. The Hall–Kier alpha value is -0.800. The van der Waals surface area contributed by atoms with E-state index >= 15 is 0 Å². The highest BCUT2D eigenvalue weighted by Crippen LogP contribution is 2.33. The average molecular weight is 265 g/mol. The van der Waals surface area contributed by atoms with E-state index in [9.17, 15) is 9.18 Å². The van der Waals surface area contributed by atoms with Crippen LogP contribution in [0.1, 0.15) is 25.8 Å². The maximum Gasteiger partial charge on any atom is 0.304 e. The molecule has 16 heavy (non-hydrogen) atoms. The maximum atomic E-state index is 13.2. The topological polar surface area (TPSA) is 37.3 Å². The lowest BCUT2D eigenvalue weighted by atomic mass is 9.81. The van der Waals surface area contributed by atoms with Gasteiger partial charge in [-0.1, -0.05) is 37.0 Å². The van der Waals surface area contributed by atoms with Gasteiger partial charge in [0.1, 0.15) is 0 Å². The Morgan fingerprint density at radius 1 is 1.38 bits per heavy atom. The summed E-state index contributed by atoms with van der Waals surface area (Å²) in [5.41, 5.74) is -0.0430. The van der Waals surface area contributed by atoms with Gasteiger partial charge in [-0.3, -0.25) is 4.79 Å². The molecule has 0 heterocycles. The third-order valence-corrected chi connectivity index (χ3v) is 2.91. The Labute approximate surface area is 103 Å². The molecular weight excluding hydrogens is 254 g/mol. The van der Waals surface area contributed by atoms with Gasteiger partial charge in [0.15, 0.2) is 5.82 Å². The molecule has 0 spiro atoms. The van der Waals surface area contributed by atoms with E-state index in [1.165, 1.54) is 12.1 Å². The van der Waals surface area contributed by atoms with Gasteiger partial charge in [0.05, 0.1) is 16.5 Å². The van der Waals surface area contributed by atoms with Gasteiger partial charge < -0.3 is 5.11 Å². The van der Waals surface area contributed by atoms with Crippen LogP contribution in [0.4, 0.5) is 4.39 Å². The summed E-state index contributed by atoms with van der Waals surface area (Å²) in [6.45, 7) is 3.47. The lowest BCUT2D eigenvalue weighted by molar-refractivity contribution is -0.138. The first-order valence-electron chi connectivity index (χ1n) is 4.61. The van der Waals surface area contributed by atoms with E-state index in [2.05, 4.69) is 0 Å². The molecule has 88 valence electrons. The fourth-order valence-corrected chi connectivity index (χ4v) is 1.91. The zero-order chi connectivity index (χ0) is 12.5. The van der Waals surface area contributed by atoms with E-state index in [1.54, 1.807) is 13.8 Å². The minimum Gasteiger partial charge on any atom is -0.481 e. The molecule has 5 heteroatoms. The second-order valence-corrected chi connectivity index (χ2v) is 5.02. The second kappa shape index (κ2) is 4.60. The van der Waals surface area contributed by atoms with Crippen molar-refractivity contribution in [2.45, 2.75) is 25.7 Å². The van der Waals surface area contributed by atoms with E-state index in [0.717, 1.165) is 0 Å². The van der Waals surface area contributed by atoms with Gasteiger partial charge in [-0.05, 0) is 17.7 Å². The largest absolute Gasteiger partial charge is 0.481 e. The summed E-state index contributed by atoms with van der Waals surface area (Å²) in [5.74, 6) is -1.61. The summed E-state index contributed by atoms with van der Waals surface area (Å²) in [4.78, 5) is 10.7. The van der Waals surface area contributed by atoms with Gasteiger partial charge in [0.25, 0.3) is 0 Å². The highest BCUT2D eigenvalue weighted by atomic mass is 35.5. The fraction of sp³-hybridized carbons (Fsp3) is 0.364. The number of hydrogen-bond donors (Lipinski definition) is 1. The van der Waals surface area contributed by atoms with Crippen LogP contribution in [-0.4, -0.2) is 11.1 Å². The van der Waals surface area contributed by atoms with Crippen LogP contribution in [0, 0.1) is 5.82 Å². The van der Waals surface area contributed by atoms with Crippen LogP contribution in [0.2, 0.25) is 10.0 Å². The molecule has 0 saturated heterocycles. The lowest BCUT2D eigenvalue weighted by Gasteiger charge is -2.23. The van der Waals surface area contributed by atoms with E-state index in [1.807, 2.05) is 0 Å². The molecule has 0 aliphatic rings. The summed E-state index contributed by atoms with van der Waals surface area (Å²) in [7, 11) is 0. The molecular formula is C11H11Cl2FO2. The van der Waals surface area contributed by atoms with Crippen molar-refractivity contribution in [2.75, 3.05) is 0 Å². The van der Waals surface area contributed by atoms with Crippen LogP contribution in [-0.2, 0) is 10.2 Å². The normalized spacial score (nSPS) is 11.6. The van der Waals surface area contributed by atoms with Crippen LogP contribution in [0.15, 0.2) is 12.1 Å². The van der Waals surface area contributed by atoms with Crippen molar-refractivity contribution in [1.82, 2.24) is 0 Å². The third-order valence-electron chi connectivity index (χ3n) is 2.36. The van der Waals surface area contributed by atoms with Crippen molar-refractivity contribution in [1.29, 1.82) is 0 Å². The first-order valence-corrected chi connectivity index (χ1v) is 5.36. The van der Waals surface area contributed by atoms with E-state index < -0.39 is 17.2 Å². The number of carboxylic acid groups (broad SMARTS) is 1. The van der Waals surface area contributed by atoms with Crippen molar-refractivity contribution >= 4 is 29.2 Å². The number of aliphatic carboxylic acids is 1. The van der Waals surface area contributed by atoms with Crippen LogP contribution >= 0.6 is 23.2 Å². The quantitative estimate of drug-likeness (QED) is 0.842. The smallest absolute Gasteiger partial charge is 0.304 e. The van der Waals surface area contributed by atoms with E-state index in [0.29, 0.717) is 5.56 Å². The molecule has 0 unspecified atom stereocenters. The van der Waals surface area contributed by atoms with Gasteiger partial charge in [-0.15, -0.1) is 0 Å². The summed E-state index contributed by atoms with van der Waals surface area (Å²) < 4.78 is 13.2. The SMILES string of the molecule is CC(C)(CC(=O)O)c1cc(Cl)c(F)c(Cl)c1. The van der Waals surface area contributed by atoms with E-state index in [4.69, 9.17) is 28.3 Å². The average Bonchev–Trinajstić information content (AvgIpc) is 2.11. The third kappa shape index (κ3) is 2.86. The van der Waals surface area contributed by atoms with Gasteiger partial charge >= 0.3 is 5.97 Å². The monoisotopic (exact) mass is 264 g/mol. The molecule has 0 atom stereocenters. The molecule has 1 N–H and O–H groups in total. The Morgan fingerprint density at radius 2 is 1.81 bits per heavy atom. The number of carboxylic acids is 1. The summed E-state index contributed by atoms with van der Waals surface area (Å²) in [6.07, 6.45) is -0.0781. The van der Waals surface area contributed by atoms with Crippen LogP contribution in [0.5, 0.6) is 0 Å². The van der Waals surface area contributed by atoms with Gasteiger partial charge in [-0.2, -0.15) is 0 Å². The molecule has 0 amide bonds. The van der Waals surface area contributed by atoms with Crippen LogP contribution in [0.3, 0.4) is 0 Å². The van der Waals surface area contributed by atoms with Crippen molar-refractivity contribution in [2.24, 2.45) is 0 Å². The maximum absolute atomic E-state index is 13.2. The molecule has 0 aromatic heterocycles. The minimum atomic E-state index is -0.929. The number of carbonyl (C=O) groups is 1. The molecule has 2 nitrogen and oxygen atoms in total. The molecule has 0 fully saturated rings. The first kappa shape index (κ1) is 13.3. The molecule has 0 aliphatic carbocycles. The Morgan fingerprint density at radius 3 is 2.19 bits per heavy atom. The molecule has 0 saturated carbocycles.